The average molecular weight is 335 g/mol. The van der Waals surface area contributed by atoms with Crippen molar-refractivity contribution in [1.29, 1.82) is 0 Å². The van der Waals surface area contributed by atoms with Gasteiger partial charge in [-0.3, -0.25) is 0 Å². The zero-order valence-electron chi connectivity index (χ0n) is 14.2. The molecule has 0 radical (unpaired) electrons. The first-order valence-electron chi connectivity index (χ1n) is 8.59. The van der Waals surface area contributed by atoms with E-state index < -0.39 is 0 Å². The fourth-order valence-corrected chi connectivity index (χ4v) is 3.55. The molecule has 5 nitrogen and oxygen atoms in total. The van der Waals surface area contributed by atoms with E-state index in [9.17, 15) is 5.11 Å². The smallest absolute Gasteiger partial charge is 0.137 e. The predicted molar refractivity (Wildman–Crippen MR) is 98.2 cm³/mol. The van der Waals surface area contributed by atoms with Gasteiger partial charge in [-0.2, -0.15) is 0 Å². The van der Waals surface area contributed by atoms with Crippen LogP contribution in [0.2, 0.25) is 0 Å². The molecule has 128 valence electrons. The van der Waals surface area contributed by atoms with Crippen LogP contribution in [0, 0.1) is 0 Å². The highest BCUT2D eigenvalue weighted by Gasteiger charge is 2.18. The molecule has 2 aromatic carbocycles. The molecule has 0 spiro atoms. The molecular weight excluding hydrogens is 314 g/mol. The highest BCUT2D eigenvalue weighted by molar-refractivity contribution is 5.89. The second kappa shape index (κ2) is 6.59. The number of methoxy groups -OCH3 is 1. The molecule has 4 rings (SSSR count). The lowest BCUT2D eigenvalue weighted by Crippen LogP contribution is -2.22. The quantitative estimate of drug-likeness (QED) is 0.714. The summed E-state index contributed by atoms with van der Waals surface area (Å²) in [7, 11) is 1.70. The van der Waals surface area contributed by atoms with Crippen LogP contribution in [0.25, 0.3) is 10.9 Å². The number of anilines is 1. The number of hydrogen-bond donors (Lipinski definition) is 2. The van der Waals surface area contributed by atoms with Gasteiger partial charge in [0.15, 0.2) is 0 Å². The van der Waals surface area contributed by atoms with E-state index in [1.807, 2.05) is 12.1 Å². The van der Waals surface area contributed by atoms with Gasteiger partial charge in [0.25, 0.3) is 0 Å². The minimum atomic E-state index is 0.223. The number of nitrogens with zero attached hydrogens (tertiary/aromatic N) is 2. The second-order valence-electron chi connectivity index (χ2n) is 6.50. The van der Waals surface area contributed by atoms with Crippen molar-refractivity contribution in [2.24, 2.45) is 0 Å². The number of phenolic OH excluding ortho intramolecular Hbond substituents is 1. The number of hydrogen-bond acceptors (Lipinski definition) is 5. The van der Waals surface area contributed by atoms with Crippen molar-refractivity contribution in [2.45, 2.75) is 31.7 Å². The van der Waals surface area contributed by atoms with Crippen molar-refractivity contribution < 1.29 is 9.84 Å². The van der Waals surface area contributed by atoms with E-state index in [-0.39, 0.29) is 11.8 Å². The maximum Gasteiger partial charge on any atom is 0.137 e. The van der Waals surface area contributed by atoms with Gasteiger partial charge in [-0.25, -0.2) is 9.97 Å². The molecule has 1 unspecified atom stereocenters. The zero-order chi connectivity index (χ0) is 17.2. The maximum atomic E-state index is 9.80. The Morgan fingerprint density at radius 2 is 2.04 bits per heavy atom. The third kappa shape index (κ3) is 3.22. The van der Waals surface area contributed by atoms with Crippen LogP contribution in [0.1, 0.15) is 24.0 Å². The van der Waals surface area contributed by atoms with E-state index in [1.54, 1.807) is 25.6 Å². The largest absolute Gasteiger partial charge is 0.508 e. The number of fused-ring (bicyclic) bond motifs is 2. The fourth-order valence-electron chi connectivity index (χ4n) is 3.55. The topological polar surface area (TPSA) is 67.3 Å². The van der Waals surface area contributed by atoms with Crippen LogP contribution >= 0.6 is 0 Å². The first-order chi connectivity index (χ1) is 12.2. The van der Waals surface area contributed by atoms with E-state index in [0.717, 1.165) is 48.2 Å². The van der Waals surface area contributed by atoms with Gasteiger partial charge in [-0.1, -0.05) is 6.07 Å². The molecule has 0 bridgehead atoms. The van der Waals surface area contributed by atoms with Gasteiger partial charge >= 0.3 is 0 Å². The lowest BCUT2D eigenvalue weighted by molar-refractivity contribution is 0.414. The van der Waals surface area contributed by atoms with E-state index in [4.69, 9.17) is 4.74 Å². The van der Waals surface area contributed by atoms with Crippen molar-refractivity contribution in [3.05, 3.63) is 53.9 Å². The van der Waals surface area contributed by atoms with Gasteiger partial charge in [0.2, 0.25) is 0 Å². The van der Waals surface area contributed by atoms with E-state index in [2.05, 4.69) is 27.4 Å². The highest BCUT2D eigenvalue weighted by atomic mass is 16.5. The molecule has 1 aromatic heterocycles. The molecule has 1 aliphatic carbocycles. The Morgan fingerprint density at radius 3 is 2.92 bits per heavy atom. The molecule has 2 N–H and O–H groups in total. The van der Waals surface area contributed by atoms with Gasteiger partial charge in [-0.05, 0) is 67.1 Å². The van der Waals surface area contributed by atoms with E-state index >= 15 is 0 Å². The standard InChI is InChI=1S/C20H21N3O2/c1-25-17-7-5-13-3-2-4-15(9-14(13)10-17)23-20-18-11-16(24)6-8-19(18)21-12-22-20/h5-8,10-12,15,24H,2-4,9H2,1H3,(H,21,22,23). The Kier molecular flexibility index (Phi) is 4.14. The summed E-state index contributed by atoms with van der Waals surface area (Å²) in [5.41, 5.74) is 3.55. The van der Waals surface area contributed by atoms with Gasteiger partial charge < -0.3 is 15.2 Å². The summed E-state index contributed by atoms with van der Waals surface area (Å²) in [5, 5.41) is 14.2. The number of aromatic hydroxyl groups is 1. The molecular formula is C20H21N3O2. The molecule has 0 saturated carbocycles. The number of nitrogens with one attached hydrogen (secondary N) is 1. The summed E-state index contributed by atoms with van der Waals surface area (Å²) >= 11 is 0. The zero-order valence-corrected chi connectivity index (χ0v) is 14.2. The first kappa shape index (κ1) is 15.7. The fraction of sp³-hybridized carbons (Fsp3) is 0.300. The normalized spacial score (nSPS) is 16.9. The molecule has 5 heteroatoms. The third-order valence-corrected chi connectivity index (χ3v) is 4.84. The maximum absolute atomic E-state index is 9.80. The molecule has 1 atom stereocenters. The second-order valence-corrected chi connectivity index (χ2v) is 6.50. The van der Waals surface area contributed by atoms with Gasteiger partial charge in [-0.15, -0.1) is 0 Å². The number of benzene rings is 2. The van der Waals surface area contributed by atoms with Crippen LogP contribution in [0.15, 0.2) is 42.7 Å². The van der Waals surface area contributed by atoms with E-state index in [0.29, 0.717) is 0 Å². The summed E-state index contributed by atoms with van der Waals surface area (Å²) in [5.74, 6) is 1.90. The van der Waals surface area contributed by atoms with Crippen molar-refractivity contribution in [3.8, 4) is 11.5 Å². The van der Waals surface area contributed by atoms with Crippen LogP contribution in [-0.2, 0) is 12.8 Å². The molecule has 0 amide bonds. The Morgan fingerprint density at radius 1 is 1.12 bits per heavy atom. The highest BCUT2D eigenvalue weighted by Crippen LogP contribution is 2.28. The number of ether oxygens (including phenoxy) is 1. The summed E-state index contributed by atoms with van der Waals surface area (Å²) in [6.45, 7) is 0. The van der Waals surface area contributed by atoms with Gasteiger partial charge in [0, 0.05) is 11.4 Å². The molecule has 1 aliphatic rings. The molecule has 25 heavy (non-hydrogen) atoms. The van der Waals surface area contributed by atoms with Crippen molar-refractivity contribution >= 4 is 16.7 Å². The molecule has 0 fully saturated rings. The first-order valence-corrected chi connectivity index (χ1v) is 8.59. The molecule has 0 aliphatic heterocycles. The summed E-state index contributed by atoms with van der Waals surface area (Å²) in [6, 6.07) is 11.8. The lowest BCUT2D eigenvalue weighted by atomic mass is 10.0. The Labute approximate surface area is 146 Å². The third-order valence-electron chi connectivity index (χ3n) is 4.84. The molecule has 1 heterocycles. The minimum Gasteiger partial charge on any atom is -0.508 e. The monoisotopic (exact) mass is 335 g/mol. The molecule has 3 aromatic rings. The van der Waals surface area contributed by atoms with Crippen LogP contribution < -0.4 is 10.1 Å². The van der Waals surface area contributed by atoms with Gasteiger partial charge in [0.05, 0.1) is 12.6 Å². The Bertz CT molecular complexity index is 911. The predicted octanol–water partition coefficient (Wildman–Crippen LogP) is 3.70. The summed E-state index contributed by atoms with van der Waals surface area (Å²) in [6.07, 6.45) is 5.78. The molecule has 0 saturated heterocycles. The van der Waals surface area contributed by atoms with Crippen LogP contribution in [0.3, 0.4) is 0 Å². The van der Waals surface area contributed by atoms with Crippen molar-refractivity contribution in [2.75, 3.05) is 12.4 Å². The van der Waals surface area contributed by atoms with Crippen molar-refractivity contribution in [3.63, 3.8) is 0 Å². The number of aryl methyl sites for hydroxylation is 1. The van der Waals surface area contributed by atoms with Crippen LogP contribution in [0.5, 0.6) is 11.5 Å². The number of aromatic nitrogens is 2. The van der Waals surface area contributed by atoms with E-state index in [1.165, 1.54) is 11.1 Å². The minimum absolute atomic E-state index is 0.223. The van der Waals surface area contributed by atoms with Gasteiger partial charge in [0.1, 0.15) is 23.6 Å². The summed E-state index contributed by atoms with van der Waals surface area (Å²) < 4.78 is 5.38. The summed E-state index contributed by atoms with van der Waals surface area (Å²) in [4.78, 5) is 8.68. The van der Waals surface area contributed by atoms with Crippen LogP contribution in [0.4, 0.5) is 5.82 Å². The Balaban J connectivity index is 1.63. The Hall–Kier alpha value is -2.82. The average Bonchev–Trinajstić information content (AvgIpc) is 2.83. The van der Waals surface area contributed by atoms with Crippen LogP contribution in [-0.4, -0.2) is 28.2 Å². The van der Waals surface area contributed by atoms with Crippen molar-refractivity contribution in [1.82, 2.24) is 9.97 Å². The number of rotatable bonds is 3. The SMILES string of the molecule is COc1ccc2c(c1)CC(Nc1ncnc3ccc(O)cc13)CCC2. The lowest BCUT2D eigenvalue weighted by Gasteiger charge is -2.19. The number of phenols is 1.